The SMILES string of the molecule is CCc1nc(C(N)=O)c(Nc2ccc(N3CCC(N4CCN(C)CC4)CC3)c(C)c2)nc1Oc1cccc(N)c1. The van der Waals surface area contributed by atoms with Crippen LogP contribution in [0.5, 0.6) is 11.6 Å². The van der Waals surface area contributed by atoms with Gasteiger partial charge >= 0.3 is 0 Å². The highest BCUT2D eigenvalue weighted by Crippen LogP contribution is 2.31. The molecular formula is C30H40N8O2. The van der Waals surface area contributed by atoms with Gasteiger partial charge in [0.05, 0.1) is 0 Å². The number of aryl methyl sites for hydroxylation is 2. The van der Waals surface area contributed by atoms with Crippen molar-refractivity contribution >= 4 is 28.8 Å². The predicted molar refractivity (Wildman–Crippen MR) is 160 cm³/mol. The van der Waals surface area contributed by atoms with Gasteiger partial charge in [-0.1, -0.05) is 13.0 Å². The van der Waals surface area contributed by atoms with Crippen molar-refractivity contribution in [2.45, 2.75) is 39.2 Å². The summed E-state index contributed by atoms with van der Waals surface area (Å²) in [5.74, 6) is 0.441. The molecule has 1 aromatic heterocycles. The number of nitrogens with zero attached hydrogens (tertiary/aromatic N) is 5. The molecule has 2 aliphatic rings. The number of nitrogens with two attached hydrogens (primary N) is 2. The normalized spacial score (nSPS) is 17.1. The zero-order valence-corrected chi connectivity index (χ0v) is 23.7. The van der Waals surface area contributed by atoms with Gasteiger partial charge in [0.15, 0.2) is 11.5 Å². The van der Waals surface area contributed by atoms with Crippen LogP contribution in [-0.4, -0.2) is 78.0 Å². The summed E-state index contributed by atoms with van der Waals surface area (Å²) in [5.41, 5.74) is 16.0. The standard InChI is InChI=1S/C30H40N8O2/c1-4-25-30(40-24-7-5-6-21(31)19-24)35-29(27(34-25)28(32)39)33-22-8-9-26(20(2)18-22)38-12-10-23(11-13-38)37-16-14-36(3)15-17-37/h5-9,18-19,23H,4,10-17,31H2,1-3H3,(H2,32,39)(H,33,35). The molecule has 3 aromatic rings. The highest BCUT2D eigenvalue weighted by molar-refractivity contribution is 5.96. The summed E-state index contributed by atoms with van der Waals surface area (Å²) in [6, 6.07) is 14.0. The number of anilines is 4. The van der Waals surface area contributed by atoms with E-state index in [-0.39, 0.29) is 11.5 Å². The van der Waals surface area contributed by atoms with Gasteiger partial charge in [0.1, 0.15) is 11.4 Å². The predicted octanol–water partition coefficient (Wildman–Crippen LogP) is 3.78. The molecule has 5 N–H and O–H groups in total. The highest BCUT2D eigenvalue weighted by atomic mass is 16.5. The number of rotatable bonds is 8. The molecular weight excluding hydrogens is 504 g/mol. The van der Waals surface area contributed by atoms with Crippen LogP contribution in [0.25, 0.3) is 0 Å². The molecule has 0 bridgehead atoms. The highest BCUT2D eigenvalue weighted by Gasteiger charge is 2.27. The maximum atomic E-state index is 12.3. The second-order valence-electron chi connectivity index (χ2n) is 10.7. The van der Waals surface area contributed by atoms with Crippen molar-refractivity contribution in [2.75, 3.05) is 62.3 Å². The Morgan fingerprint density at radius 1 is 1.05 bits per heavy atom. The van der Waals surface area contributed by atoms with Crippen LogP contribution in [0.2, 0.25) is 0 Å². The van der Waals surface area contributed by atoms with E-state index in [1.165, 1.54) is 31.6 Å². The second-order valence-corrected chi connectivity index (χ2v) is 10.7. The van der Waals surface area contributed by atoms with Gasteiger partial charge in [-0.25, -0.2) is 4.98 Å². The Morgan fingerprint density at radius 2 is 1.80 bits per heavy atom. The van der Waals surface area contributed by atoms with Gasteiger partial charge in [0.25, 0.3) is 5.91 Å². The summed E-state index contributed by atoms with van der Waals surface area (Å²) in [7, 11) is 2.21. The summed E-state index contributed by atoms with van der Waals surface area (Å²) >= 11 is 0. The van der Waals surface area contributed by atoms with Gasteiger partial charge in [0.2, 0.25) is 5.88 Å². The van der Waals surface area contributed by atoms with Crippen molar-refractivity contribution in [1.29, 1.82) is 0 Å². The van der Waals surface area contributed by atoms with E-state index >= 15 is 0 Å². The fourth-order valence-electron chi connectivity index (χ4n) is 5.60. The van der Waals surface area contributed by atoms with Crippen molar-refractivity contribution in [2.24, 2.45) is 5.73 Å². The van der Waals surface area contributed by atoms with Gasteiger partial charge in [-0.2, -0.15) is 4.98 Å². The van der Waals surface area contributed by atoms with Crippen LogP contribution in [0.4, 0.5) is 22.9 Å². The molecule has 1 amide bonds. The first-order valence-corrected chi connectivity index (χ1v) is 14.1. The molecule has 0 aliphatic carbocycles. The maximum Gasteiger partial charge on any atom is 0.271 e. The van der Waals surface area contributed by atoms with Crippen LogP contribution in [0.15, 0.2) is 42.5 Å². The monoisotopic (exact) mass is 544 g/mol. The molecule has 0 atom stereocenters. The molecule has 0 unspecified atom stereocenters. The van der Waals surface area contributed by atoms with Gasteiger partial charge in [-0.3, -0.25) is 9.69 Å². The Labute approximate surface area is 236 Å². The lowest BCUT2D eigenvalue weighted by Crippen LogP contribution is -2.52. The third kappa shape index (κ3) is 6.29. The van der Waals surface area contributed by atoms with E-state index in [1.807, 2.05) is 13.0 Å². The molecule has 212 valence electrons. The number of hydrogen-bond acceptors (Lipinski definition) is 9. The van der Waals surface area contributed by atoms with Crippen LogP contribution in [0.1, 0.15) is 41.5 Å². The van der Waals surface area contributed by atoms with Gasteiger partial charge in [-0.15, -0.1) is 0 Å². The summed E-state index contributed by atoms with van der Waals surface area (Å²) in [6.07, 6.45) is 2.88. The number of benzene rings is 2. The fourth-order valence-corrected chi connectivity index (χ4v) is 5.60. The van der Waals surface area contributed by atoms with Crippen molar-refractivity contribution in [1.82, 2.24) is 19.8 Å². The van der Waals surface area contributed by atoms with E-state index in [0.717, 1.165) is 37.4 Å². The van der Waals surface area contributed by atoms with Crippen molar-refractivity contribution in [3.63, 3.8) is 0 Å². The van der Waals surface area contributed by atoms with Crippen LogP contribution in [0.3, 0.4) is 0 Å². The smallest absolute Gasteiger partial charge is 0.271 e. The first-order valence-electron chi connectivity index (χ1n) is 14.1. The van der Waals surface area contributed by atoms with Crippen LogP contribution in [0, 0.1) is 6.92 Å². The molecule has 0 spiro atoms. The van der Waals surface area contributed by atoms with Gasteiger partial charge in [0, 0.05) is 68.4 Å². The lowest BCUT2D eigenvalue weighted by molar-refractivity contribution is 0.0982. The number of ether oxygens (including phenoxy) is 1. The second kappa shape index (κ2) is 12.1. The zero-order chi connectivity index (χ0) is 28.2. The van der Waals surface area contributed by atoms with Crippen LogP contribution >= 0.6 is 0 Å². The summed E-state index contributed by atoms with van der Waals surface area (Å²) < 4.78 is 6.02. The summed E-state index contributed by atoms with van der Waals surface area (Å²) in [5, 5.41) is 3.26. The van der Waals surface area contributed by atoms with Gasteiger partial charge < -0.3 is 31.3 Å². The molecule has 2 aliphatic heterocycles. The van der Waals surface area contributed by atoms with Crippen LogP contribution < -0.4 is 26.4 Å². The quantitative estimate of drug-likeness (QED) is 0.363. The third-order valence-electron chi connectivity index (χ3n) is 7.89. The molecule has 2 saturated heterocycles. The number of carbonyl (C=O) groups excluding carboxylic acids is 1. The minimum atomic E-state index is -0.656. The van der Waals surface area contributed by atoms with Gasteiger partial charge in [-0.05, 0) is 69.1 Å². The summed E-state index contributed by atoms with van der Waals surface area (Å²) in [4.78, 5) is 29.0. The third-order valence-corrected chi connectivity index (χ3v) is 7.89. The Morgan fingerprint density at radius 3 is 2.45 bits per heavy atom. The van der Waals surface area contributed by atoms with E-state index in [2.05, 4.69) is 56.1 Å². The molecule has 0 saturated carbocycles. The molecule has 5 rings (SSSR count). The number of primary amides is 1. The summed E-state index contributed by atoms with van der Waals surface area (Å²) in [6.45, 7) is 10.8. The number of aromatic nitrogens is 2. The molecule has 0 radical (unpaired) electrons. The lowest BCUT2D eigenvalue weighted by Gasteiger charge is -2.43. The van der Waals surface area contributed by atoms with E-state index in [1.54, 1.807) is 24.3 Å². The van der Waals surface area contributed by atoms with E-state index in [9.17, 15) is 4.79 Å². The minimum absolute atomic E-state index is 0.0736. The zero-order valence-electron chi connectivity index (χ0n) is 23.7. The molecule has 2 aromatic carbocycles. The molecule has 10 nitrogen and oxygen atoms in total. The number of nitrogens with one attached hydrogen (secondary N) is 1. The number of nitrogen functional groups attached to an aromatic ring is 1. The van der Waals surface area contributed by atoms with Crippen LogP contribution in [-0.2, 0) is 6.42 Å². The Hall–Kier alpha value is -3.89. The number of amides is 1. The molecule has 3 heterocycles. The van der Waals surface area contributed by atoms with E-state index in [4.69, 9.17) is 16.2 Å². The Balaban J connectivity index is 1.31. The van der Waals surface area contributed by atoms with E-state index in [0.29, 0.717) is 35.5 Å². The van der Waals surface area contributed by atoms with Crippen molar-refractivity contribution < 1.29 is 9.53 Å². The first-order chi connectivity index (χ1) is 19.3. The number of carbonyl (C=O) groups is 1. The maximum absolute atomic E-state index is 12.3. The Kier molecular flexibility index (Phi) is 8.37. The molecule has 40 heavy (non-hydrogen) atoms. The number of piperidine rings is 1. The molecule has 10 heteroatoms. The fraction of sp³-hybridized carbons (Fsp3) is 0.433. The number of likely N-dealkylation sites (N-methyl/N-ethyl adjacent to an activating group) is 1. The topological polar surface area (TPSA) is 126 Å². The number of piperazine rings is 1. The minimum Gasteiger partial charge on any atom is -0.437 e. The van der Waals surface area contributed by atoms with E-state index < -0.39 is 5.91 Å². The first kappa shape index (κ1) is 27.7. The van der Waals surface area contributed by atoms with Crippen molar-refractivity contribution in [3.8, 4) is 11.6 Å². The average Bonchev–Trinajstić information content (AvgIpc) is 2.94. The lowest BCUT2D eigenvalue weighted by atomic mass is 10.0. The molecule has 2 fully saturated rings. The average molecular weight is 545 g/mol. The Bertz CT molecular complexity index is 1350. The largest absolute Gasteiger partial charge is 0.437 e. The van der Waals surface area contributed by atoms with Crippen molar-refractivity contribution in [3.05, 3.63) is 59.4 Å². The number of hydrogen-bond donors (Lipinski definition) is 3.